The zero-order valence-corrected chi connectivity index (χ0v) is 19.4. The molecule has 1 aliphatic heterocycles. The standard InChI is InChI=1S/C23H25ClFN7O2/c1-32-9-3-4-12(32)11-33-23-30-20-14(21(31-23)28-8-7-26)10-15(24)17(18(20)25)13-5-2-6-16-19(13)29-22(27)34-16/h2,5-6,10,12H,3-4,7-9,11,26H2,1H3,(H2,27,29)(H,28,30,31). The molecular formula is C23H25ClFN7O2. The predicted molar refractivity (Wildman–Crippen MR) is 131 cm³/mol. The number of nitrogen functional groups attached to an aromatic ring is 1. The van der Waals surface area contributed by atoms with Gasteiger partial charge in [0.2, 0.25) is 0 Å². The number of rotatable bonds is 7. The van der Waals surface area contributed by atoms with Crippen molar-refractivity contribution in [2.24, 2.45) is 5.73 Å². The number of aromatic nitrogens is 3. The van der Waals surface area contributed by atoms with Crippen LogP contribution >= 0.6 is 11.6 Å². The lowest BCUT2D eigenvalue weighted by Crippen LogP contribution is -2.31. The molecule has 0 saturated carbocycles. The summed E-state index contributed by atoms with van der Waals surface area (Å²) in [6.07, 6.45) is 2.14. The Hall–Kier alpha value is -3.21. The molecule has 0 spiro atoms. The number of nitrogens with zero attached hydrogens (tertiary/aromatic N) is 4. The molecule has 0 radical (unpaired) electrons. The van der Waals surface area contributed by atoms with Crippen LogP contribution in [0.25, 0.3) is 33.1 Å². The van der Waals surface area contributed by atoms with Crippen molar-refractivity contribution in [2.75, 3.05) is 44.3 Å². The van der Waals surface area contributed by atoms with Crippen LogP contribution in [-0.4, -0.2) is 59.2 Å². The van der Waals surface area contributed by atoms with Crippen LogP contribution in [0.15, 0.2) is 28.7 Å². The number of benzene rings is 2. The largest absolute Gasteiger partial charge is 0.462 e. The molecule has 1 unspecified atom stereocenters. The summed E-state index contributed by atoms with van der Waals surface area (Å²) in [5.41, 5.74) is 12.9. The van der Waals surface area contributed by atoms with Gasteiger partial charge in [-0.1, -0.05) is 23.7 Å². The van der Waals surface area contributed by atoms with Gasteiger partial charge in [-0.25, -0.2) is 4.39 Å². The number of ether oxygens (including phenoxy) is 1. The Morgan fingerprint density at radius 1 is 1.29 bits per heavy atom. The molecule has 1 atom stereocenters. The summed E-state index contributed by atoms with van der Waals surface area (Å²) in [4.78, 5) is 15.3. The SMILES string of the molecule is CN1CCCC1COc1nc(NCCN)c2cc(Cl)c(-c3cccc4oc(N)nc34)c(F)c2n1. The fourth-order valence-electron chi connectivity index (χ4n) is 4.34. The van der Waals surface area contributed by atoms with Gasteiger partial charge in [-0.15, -0.1) is 0 Å². The normalized spacial score (nSPS) is 16.5. The average Bonchev–Trinajstić information content (AvgIpc) is 3.41. The first kappa shape index (κ1) is 22.6. The topological polar surface area (TPSA) is 128 Å². The van der Waals surface area contributed by atoms with Crippen molar-refractivity contribution in [3.8, 4) is 17.1 Å². The molecular weight excluding hydrogens is 461 g/mol. The summed E-state index contributed by atoms with van der Waals surface area (Å²) in [6.45, 7) is 2.25. The summed E-state index contributed by atoms with van der Waals surface area (Å²) in [5.74, 6) is -0.209. The van der Waals surface area contributed by atoms with E-state index < -0.39 is 5.82 Å². The van der Waals surface area contributed by atoms with Crippen molar-refractivity contribution in [1.82, 2.24) is 19.9 Å². The molecule has 34 heavy (non-hydrogen) atoms. The van der Waals surface area contributed by atoms with E-state index in [9.17, 15) is 0 Å². The maximum Gasteiger partial charge on any atom is 0.319 e. The lowest BCUT2D eigenvalue weighted by Gasteiger charge is -2.19. The zero-order valence-electron chi connectivity index (χ0n) is 18.6. The van der Waals surface area contributed by atoms with Crippen LogP contribution in [0, 0.1) is 5.82 Å². The number of fused-ring (bicyclic) bond motifs is 2. The minimum atomic E-state index is -0.613. The number of nitrogens with one attached hydrogen (secondary N) is 1. The Kier molecular flexibility index (Phi) is 6.11. The molecule has 9 nitrogen and oxygen atoms in total. The molecule has 3 heterocycles. The highest BCUT2D eigenvalue weighted by Gasteiger charge is 2.24. The number of likely N-dealkylation sites (N-methyl/N-ethyl adjacent to an activating group) is 1. The lowest BCUT2D eigenvalue weighted by molar-refractivity contribution is 0.188. The van der Waals surface area contributed by atoms with Gasteiger partial charge in [0.15, 0.2) is 11.4 Å². The molecule has 5 N–H and O–H groups in total. The maximum absolute atomic E-state index is 16.1. The second-order valence-corrected chi connectivity index (χ2v) is 8.71. The van der Waals surface area contributed by atoms with Crippen LogP contribution in [-0.2, 0) is 0 Å². The Labute approximate surface area is 200 Å². The first-order chi connectivity index (χ1) is 16.5. The second kappa shape index (κ2) is 9.21. The summed E-state index contributed by atoms with van der Waals surface area (Å²) in [7, 11) is 2.06. The minimum Gasteiger partial charge on any atom is -0.462 e. The fraction of sp³-hybridized carbons (Fsp3) is 0.348. The van der Waals surface area contributed by atoms with Crippen molar-refractivity contribution in [3.63, 3.8) is 0 Å². The number of hydrogen-bond acceptors (Lipinski definition) is 9. The molecule has 0 bridgehead atoms. The summed E-state index contributed by atoms with van der Waals surface area (Å²) >= 11 is 6.58. The Balaban J connectivity index is 1.63. The number of nitrogens with two attached hydrogens (primary N) is 2. The van der Waals surface area contributed by atoms with E-state index >= 15 is 4.39 Å². The summed E-state index contributed by atoms with van der Waals surface area (Å²) in [6, 6.07) is 7.11. The van der Waals surface area contributed by atoms with E-state index in [2.05, 4.69) is 32.2 Å². The first-order valence-electron chi connectivity index (χ1n) is 11.1. The summed E-state index contributed by atoms with van der Waals surface area (Å²) < 4.78 is 27.4. The molecule has 2 aromatic carbocycles. The van der Waals surface area contributed by atoms with E-state index in [1.807, 2.05) is 0 Å². The Morgan fingerprint density at radius 3 is 2.91 bits per heavy atom. The molecule has 178 valence electrons. The van der Waals surface area contributed by atoms with Crippen molar-refractivity contribution >= 4 is 45.4 Å². The Morgan fingerprint density at radius 2 is 2.15 bits per heavy atom. The monoisotopic (exact) mass is 485 g/mol. The van der Waals surface area contributed by atoms with E-state index in [1.165, 1.54) is 0 Å². The quantitative estimate of drug-likeness (QED) is 0.359. The first-order valence-corrected chi connectivity index (χ1v) is 11.5. The molecule has 1 fully saturated rings. The van der Waals surface area contributed by atoms with Gasteiger partial charge in [0.25, 0.3) is 6.01 Å². The van der Waals surface area contributed by atoms with Gasteiger partial charge in [0.05, 0.1) is 5.02 Å². The molecule has 5 rings (SSSR count). The third-order valence-electron chi connectivity index (χ3n) is 6.08. The van der Waals surface area contributed by atoms with Crippen molar-refractivity contribution < 1.29 is 13.5 Å². The van der Waals surface area contributed by atoms with Crippen molar-refractivity contribution in [1.29, 1.82) is 0 Å². The van der Waals surface area contributed by atoms with Crippen molar-refractivity contribution in [2.45, 2.75) is 18.9 Å². The smallest absolute Gasteiger partial charge is 0.319 e. The van der Waals surface area contributed by atoms with Gasteiger partial charge >= 0.3 is 6.01 Å². The number of likely N-dealkylation sites (tertiary alicyclic amines) is 1. The van der Waals surface area contributed by atoms with E-state index in [4.69, 9.17) is 32.2 Å². The summed E-state index contributed by atoms with van der Waals surface area (Å²) in [5, 5.41) is 3.73. The average molecular weight is 486 g/mol. The number of oxazole rings is 1. The van der Waals surface area contributed by atoms with Crippen LogP contribution in [0.3, 0.4) is 0 Å². The third-order valence-corrected chi connectivity index (χ3v) is 6.38. The van der Waals surface area contributed by atoms with Gasteiger partial charge in [-0.3, -0.25) is 0 Å². The van der Waals surface area contributed by atoms with Crippen molar-refractivity contribution in [3.05, 3.63) is 35.1 Å². The van der Waals surface area contributed by atoms with Crippen LogP contribution in [0.5, 0.6) is 6.01 Å². The van der Waals surface area contributed by atoms with Gasteiger partial charge in [-0.05, 0) is 38.6 Å². The van der Waals surface area contributed by atoms with Gasteiger partial charge in [-0.2, -0.15) is 15.0 Å². The molecule has 0 aliphatic carbocycles. The highest BCUT2D eigenvalue weighted by atomic mass is 35.5. The number of para-hydroxylation sites is 1. The fourth-order valence-corrected chi connectivity index (χ4v) is 4.63. The van der Waals surface area contributed by atoms with E-state index in [-0.39, 0.29) is 34.2 Å². The zero-order chi connectivity index (χ0) is 23.8. The van der Waals surface area contributed by atoms with E-state index in [0.29, 0.717) is 47.6 Å². The lowest BCUT2D eigenvalue weighted by atomic mass is 10.0. The molecule has 4 aromatic rings. The van der Waals surface area contributed by atoms with Gasteiger partial charge in [0.1, 0.15) is 23.5 Å². The minimum absolute atomic E-state index is 0.0112. The highest BCUT2D eigenvalue weighted by molar-refractivity contribution is 6.34. The number of hydrogen-bond donors (Lipinski definition) is 3. The molecule has 2 aromatic heterocycles. The molecule has 1 saturated heterocycles. The maximum atomic E-state index is 16.1. The van der Waals surface area contributed by atoms with E-state index in [1.54, 1.807) is 24.3 Å². The molecule has 1 aliphatic rings. The Bertz CT molecular complexity index is 1360. The number of anilines is 2. The van der Waals surface area contributed by atoms with E-state index in [0.717, 1.165) is 19.4 Å². The number of halogens is 2. The molecule has 0 amide bonds. The van der Waals surface area contributed by atoms with Crippen LogP contribution < -0.4 is 21.5 Å². The van der Waals surface area contributed by atoms with Gasteiger partial charge in [0, 0.05) is 35.6 Å². The van der Waals surface area contributed by atoms with Crippen LogP contribution in [0.4, 0.5) is 16.2 Å². The molecule has 11 heteroatoms. The predicted octanol–water partition coefficient (Wildman–Crippen LogP) is 3.66. The van der Waals surface area contributed by atoms with Crippen LogP contribution in [0.2, 0.25) is 5.02 Å². The van der Waals surface area contributed by atoms with Crippen LogP contribution in [0.1, 0.15) is 12.8 Å². The second-order valence-electron chi connectivity index (χ2n) is 8.31. The van der Waals surface area contributed by atoms with Gasteiger partial charge < -0.3 is 30.8 Å². The highest BCUT2D eigenvalue weighted by Crippen LogP contribution is 2.40. The third kappa shape index (κ3) is 4.08.